The van der Waals surface area contributed by atoms with E-state index in [-0.39, 0.29) is 0 Å². The summed E-state index contributed by atoms with van der Waals surface area (Å²) < 4.78 is 0. The van der Waals surface area contributed by atoms with Crippen molar-refractivity contribution >= 4 is 11.6 Å². The van der Waals surface area contributed by atoms with Crippen molar-refractivity contribution in [1.82, 2.24) is 4.90 Å². The van der Waals surface area contributed by atoms with Gasteiger partial charge in [0.05, 0.1) is 0 Å². The molecule has 2 heteroatoms. The Bertz CT molecular complexity index is 275. The van der Waals surface area contributed by atoms with Crippen LogP contribution in [0.5, 0.6) is 0 Å². The Kier molecular flexibility index (Phi) is 3.44. The molecule has 0 N–H and O–H groups in total. The zero-order chi connectivity index (χ0) is 9.80. The number of likely N-dealkylation sites (tertiary alicyclic amines) is 1. The highest BCUT2D eigenvalue weighted by Crippen LogP contribution is 2.14. The molecule has 14 heavy (non-hydrogen) atoms. The maximum absolute atomic E-state index is 5.83. The molecule has 0 bridgehead atoms. The van der Waals surface area contributed by atoms with E-state index in [0.717, 1.165) is 18.1 Å². The summed E-state index contributed by atoms with van der Waals surface area (Å²) in [4.78, 5) is 2.47. The third kappa shape index (κ3) is 2.73. The molecule has 0 spiro atoms. The van der Waals surface area contributed by atoms with Crippen molar-refractivity contribution in [1.29, 1.82) is 0 Å². The van der Waals surface area contributed by atoms with Gasteiger partial charge < -0.3 is 0 Å². The largest absolute Gasteiger partial charge is 0.299 e. The zero-order valence-corrected chi connectivity index (χ0v) is 9.00. The molecular formula is C12H15ClN. The van der Waals surface area contributed by atoms with Crippen LogP contribution in [0.4, 0.5) is 0 Å². The fourth-order valence-electron chi connectivity index (χ4n) is 1.82. The van der Waals surface area contributed by atoms with Gasteiger partial charge in [0.25, 0.3) is 0 Å². The molecular weight excluding hydrogens is 194 g/mol. The number of halogens is 1. The lowest BCUT2D eigenvalue weighted by Crippen LogP contribution is -2.29. The quantitative estimate of drug-likeness (QED) is 0.722. The van der Waals surface area contributed by atoms with Gasteiger partial charge in [-0.25, -0.2) is 0 Å². The first-order valence-corrected chi connectivity index (χ1v) is 5.51. The Balaban J connectivity index is 1.92. The summed E-state index contributed by atoms with van der Waals surface area (Å²) in [6, 6.07) is 8.14. The van der Waals surface area contributed by atoms with Gasteiger partial charge in [-0.15, -0.1) is 0 Å². The van der Waals surface area contributed by atoms with Crippen LogP contribution in [-0.2, 0) is 6.54 Å². The van der Waals surface area contributed by atoms with Crippen LogP contribution in [0, 0.1) is 6.42 Å². The smallest absolute Gasteiger partial charge is 0.0406 e. The third-order valence-electron chi connectivity index (χ3n) is 2.59. The predicted molar refractivity (Wildman–Crippen MR) is 60.3 cm³/mol. The van der Waals surface area contributed by atoms with Gasteiger partial charge in [-0.3, -0.25) is 4.90 Å². The van der Waals surface area contributed by atoms with Crippen LogP contribution < -0.4 is 0 Å². The molecule has 1 aromatic rings. The van der Waals surface area contributed by atoms with Crippen molar-refractivity contribution in [2.75, 3.05) is 13.1 Å². The molecule has 2 rings (SSSR count). The normalized spacial score (nSPS) is 18.4. The van der Waals surface area contributed by atoms with Crippen LogP contribution in [0.2, 0.25) is 5.02 Å². The van der Waals surface area contributed by atoms with E-state index in [2.05, 4.69) is 23.5 Å². The number of hydrogen-bond acceptors (Lipinski definition) is 1. The molecule has 1 heterocycles. The standard InChI is InChI=1S/C12H15ClN/c13-12-6-4-11(5-7-12)10-14-8-2-1-3-9-14/h2,4-7H,1,3,8-10H2. The highest BCUT2D eigenvalue weighted by atomic mass is 35.5. The number of rotatable bonds is 2. The van der Waals surface area contributed by atoms with Crippen LogP contribution >= 0.6 is 11.6 Å². The average Bonchev–Trinajstić information content (AvgIpc) is 2.23. The molecule has 1 aliphatic heterocycles. The number of benzene rings is 1. The van der Waals surface area contributed by atoms with Crippen LogP contribution in [0.3, 0.4) is 0 Å². The summed E-state index contributed by atoms with van der Waals surface area (Å²) in [6.45, 7) is 3.40. The Hall–Kier alpha value is -0.530. The van der Waals surface area contributed by atoms with Crippen molar-refractivity contribution in [3.8, 4) is 0 Å². The second-order valence-corrected chi connectivity index (χ2v) is 4.23. The number of piperidine rings is 1. The highest BCUT2D eigenvalue weighted by molar-refractivity contribution is 6.30. The molecule has 0 atom stereocenters. The summed E-state index contributed by atoms with van der Waals surface area (Å²) in [5, 5.41) is 0.818. The van der Waals surface area contributed by atoms with Gasteiger partial charge >= 0.3 is 0 Å². The lowest BCUT2D eigenvalue weighted by Gasteiger charge is -2.26. The molecule has 0 aliphatic carbocycles. The van der Waals surface area contributed by atoms with Gasteiger partial charge in [0.15, 0.2) is 0 Å². The molecule has 1 aliphatic rings. The van der Waals surface area contributed by atoms with Gasteiger partial charge in [-0.1, -0.05) is 23.7 Å². The first-order chi connectivity index (χ1) is 6.84. The second-order valence-electron chi connectivity index (χ2n) is 3.79. The maximum Gasteiger partial charge on any atom is 0.0406 e. The van der Waals surface area contributed by atoms with E-state index in [1.165, 1.54) is 24.9 Å². The van der Waals surface area contributed by atoms with Crippen LogP contribution in [0.25, 0.3) is 0 Å². The molecule has 0 amide bonds. The highest BCUT2D eigenvalue weighted by Gasteiger charge is 2.09. The van der Waals surface area contributed by atoms with E-state index in [0.29, 0.717) is 0 Å². The minimum atomic E-state index is 0.818. The van der Waals surface area contributed by atoms with Gasteiger partial charge in [-0.2, -0.15) is 0 Å². The summed E-state index contributed by atoms with van der Waals surface area (Å²) in [6.07, 6.45) is 4.93. The summed E-state index contributed by atoms with van der Waals surface area (Å²) in [5.74, 6) is 0. The lowest BCUT2D eigenvalue weighted by molar-refractivity contribution is 0.255. The second kappa shape index (κ2) is 4.81. The molecule has 1 aromatic carbocycles. The molecule has 0 aromatic heterocycles. The first-order valence-electron chi connectivity index (χ1n) is 5.13. The van der Waals surface area contributed by atoms with E-state index in [1.807, 2.05) is 12.1 Å². The van der Waals surface area contributed by atoms with Crippen molar-refractivity contribution in [3.05, 3.63) is 41.3 Å². The molecule has 0 unspecified atom stereocenters. The number of hydrogen-bond donors (Lipinski definition) is 0. The Morgan fingerprint density at radius 3 is 2.64 bits per heavy atom. The first kappa shape index (κ1) is 10.0. The van der Waals surface area contributed by atoms with Gasteiger partial charge in [0.1, 0.15) is 0 Å². The molecule has 0 saturated carbocycles. The summed E-state index contributed by atoms with van der Waals surface area (Å²) in [5.41, 5.74) is 1.35. The average molecular weight is 209 g/mol. The van der Waals surface area contributed by atoms with E-state index >= 15 is 0 Å². The predicted octanol–water partition coefficient (Wildman–Crippen LogP) is 3.14. The molecule has 1 nitrogen and oxygen atoms in total. The van der Waals surface area contributed by atoms with E-state index in [1.54, 1.807) is 0 Å². The van der Waals surface area contributed by atoms with E-state index in [9.17, 15) is 0 Å². The van der Waals surface area contributed by atoms with E-state index < -0.39 is 0 Å². The Morgan fingerprint density at radius 1 is 1.21 bits per heavy atom. The topological polar surface area (TPSA) is 3.24 Å². The van der Waals surface area contributed by atoms with Crippen LogP contribution in [-0.4, -0.2) is 18.0 Å². The van der Waals surface area contributed by atoms with Crippen molar-refractivity contribution < 1.29 is 0 Å². The van der Waals surface area contributed by atoms with Crippen LogP contribution in [0.15, 0.2) is 24.3 Å². The molecule has 1 fully saturated rings. The Labute approximate surface area is 90.7 Å². The molecule has 1 radical (unpaired) electrons. The van der Waals surface area contributed by atoms with Crippen LogP contribution in [0.1, 0.15) is 18.4 Å². The zero-order valence-electron chi connectivity index (χ0n) is 8.25. The minimum absolute atomic E-state index is 0.818. The van der Waals surface area contributed by atoms with Crippen molar-refractivity contribution in [2.24, 2.45) is 0 Å². The number of nitrogens with zero attached hydrogens (tertiary/aromatic N) is 1. The van der Waals surface area contributed by atoms with Gasteiger partial charge in [0, 0.05) is 18.1 Å². The molecule has 1 saturated heterocycles. The fraction of sp³-hybridized carbons (Fsp3) is 0.417. The van der Waals surface area contributed by atoms with E-state index in [4.69, 9.17) is 11.6 Å². The third-order valence-corrected chi connectivity index (χ3v) is 2.84. The summed E-state index contributed by atoms with van der Waals surface area (Å²) >= 11 is 5.83. The summed E-state index contributed by atoms with van der Waals surface area (Å²) in [7, 11) is 0. The SMILES string of the molecule is Clc1ccc(CN2C[CH]CCC2)cc1. The van der Waals surface area contributed by atoms with Gasteiger partial charge in [0.2, 0.25) is 0 Å². The maximum atomic E-state index is 5.83. The van der Waals surface area contributed by atoms with Crippen molar-refractivity contribution in [2.45, 2.75) is 19.4 Å². The minimum Gasteiger partial charge on any atom is -0.299 e. The molecule has 75 valence electrons. The lowest BCUT2D eigenvalue weighted by atomic mass is 10.1. The van der Waals surface area contributed by atoms with Crippen molar-refractivity contribution in [3.63, 3.8) is 0 Å². The Morgan fingerprint density at radius 2 is 2.00 bits per heavy atom. The van der Waals surface area contributed by atoms with Gasteiger partial charge in [-0.05, 0) is 43.5 Å². The fourth-order valence-corrected chi connectivity index (χ4v) is 1.94. The monoisotopic (exact) mass is 208 g/mol.